The summed E-state index contributed by atoms with van der Waals surface area (Å²) in [5.74, 6) is -0.363. The fourth-order valence-electron chi connectivity index (χ4n) is 2.35. The SMILES string of the molecule is C=C(C)C(=O)OCC[Si](OCCCC)(OCCCC)c1ccccc1. The summed E-state index contributed by atoms with van der Waals surface area (Å²) in [6, 6.07) is 10.7. The van der Waals surface area contributed by atoms with Crippen LogP contribution in [0.3, 0.4) is 0 Å². The van der Waals surface area contributed by atoms with Crippen LogP contribution in [0.2, 0.25) is 6.04 Å². The van der Waals surface area contributed by atoms with Gasteiger partial charge in [0.1, 0.15) is 0 Å². The van der Waals surface area contributed by atoms with Crippen LogP contribution in [-0.2, 0) is 18.4 Å². The Morgan fingerprint density at radius 3 is 2.04 bits per heavy atom. The molecule has 0 spiro atoms. The molecule has 0 aliphatic carbocycles. The van der Waals surface area contributed by atoms with Crippen molar-refractivity contribution in [3.05, 3.63) is 42.5 Å². The lowest BCUT2D eigenvalue weighted by Crippen LogP contribution is -2.55. The number of ether oxygens (including phenoxy) is 1. The highest BCUT2D eigenvalue weighted by molar-refractivity contribution is 6.81. The Kier molecular flexibility index (Phi) is 10.4. The van der Waals surface area contributed by atoms with Gasteiger partial charge in [-0.2, -0.15) is 0 Å². The molecule has 0 radical (unpaired) electrons. The van der Waals surface area contributed by atoms with Gasteiger partial charge in [-0.25, -0.2) is 4.79 Å². The molecule has 0 saturated carbocycles. The second kappa shape index (κ2) is 12.0. The van der Waals surface area contributed by atoms with Crippen LogP contribution in [0.5, 0.6) is 0 Å². The van der Waals surface area contributed by atoms with E-state index >= 15 is 0 Å². The molecular weight excluding hydrogens is 332 g/mol. The van der Waals surface area contributed by atoms with E-state index in [1.807, 2.05) is 18.2 Å². The molecule has 0 atom stereocenters. The fraction of sp³-hybridized carbons (Fsp3) is 0.550. The number of carbonyl (C=O) groups excluding carboxylic acids is 1. The zero-order valence-electron chi connectivity index (χ0n) is 15.9. The molecule has 25 heavy (non-hydrogen) atoms. The van der Waals surface area contributed by atoms with Crippen molar-refractivity contribution in [2.24, 2.45) is 0 Å². The molecule has 0 aromatic heterocycles. The van der Waals surface area contributed by atoms with Crippen molar-refractivity contribution in [3.63, 3.8) is 0 Å². The molecule has 4 nitrogen and oxygen atoms in total. The van der Waals surface area contributed by atoms with E-state index in [0.29, 0.717) is 24.8 Å². The normalized spacial score (nSPS) is 11.3. The number of hydrogen-bond acceptors (Lipinski definition) is 4. The summed E-state index contributed by atoms with van der Waals surface area (Å²) in [6.45, 7) is 11.2. The molecule has 5 heteroatoms. The lowest BCUT2D eigenvalue weighted by molar-refractivity contribution is -0.138. The summed E-state index contributed by atoms with van der Waals surface area (Å²) in [7, 11) is -2.65. The summed E-state index contributed by atoms with van der Waals surface area (Å²) >= 11 is 0. The summed E-state index contributed by atoms with van der Waals surface area (Å²) in [6.07, 6.45) is 4.12. The zero-order valence-corrected chi connectivity index (χ0v) is 16.9. The van der Waals surface area contributed by atoms with Crippen molar-refractivity contribution in [1.82, 2.24) is 0 Å². The van der Waals surface area contributed by atoms with E-state index in [1.165, 1.54) is 0 Å². The molecule has 0 heterocycles. The lowest BCUT2D eigenvalue weighted by Gasteiger charge is -2.31. The Labute approximate surface area is 153 Å². The molecule has 0 aliphatic rings. The van der Waals surface area contributed by atoms with Crippen LogP contribution >= 0.6 is 0 Å². The maximum atomic E-state index is 11.7. The topological polar surface area (TPSA) is 44.8 Å². The Morgan fingerprint density at radius 1 is 1.00 bits per heavy atom. The fourth-order valence-corrected chi connectivity index (χ4v) is 5.37. The van der Waals surface area contributed by atoms with Crippen molar-refractivity contribution in [2.45, 2.75) is 52.5 Å². The van der Waals surface area contributed by atoms with Crippen LogP contribution in [0.4, 0.5) is 0 Å². The van der Waals surface area contributed by atoms with E-state index < -0.39 is 8.56 Å². The monoisotopic (exact) mass is 364 g/mol. The number of unbranched alkanes of at least 4 members (excludes halogenated alkanes) is 2. The van der Waals surface area contributed by atoms with Gasteiger partial charge in [0.05, 0.1) is 6.61 Å². The van der Waals surface area contributed by atoms with Gasteiger partial charge in [0.2, 0.25) is 0 Å². The first-order chi connectivity index (χ1) is 12.1. The van der Waals surface area contributed by atoms with Gasteiger partial charge in [-0.3, -0.25) is 0 Å². The number of esters is 1. The van der Waals surface area contributed by atoms with Gasteiger partial charge in [-0.05, 0) is 25.0 Å². The highest BCUT2D eigenvalue weighted by Gasteiger charge is 2.40. The molecule has 0 bridgehead atoms. The average molecular weight is 365 g/mol. The lowest BCUT2D eigenvalue weighted by atomic mass is 10.4. The third-order valence-corrected chi connectivity index (χ3v) is 7.31. The molecule has 0 fully saturated rings. The van der Waals surface area contributed by atoms with Crippen LogP contribution in [0.15, 0.2) is 42.5 Å². The minimum Gasteiger partial charge on any atom is -0.462 e. The molecular formula is C20H32O4Si. The Bertz CT molecular complexity index is 506. The van der Waals surface area contributed by atoms with Crippen LogP contribution in [0.25, 0.3) is 0 Å². The quantitative estimate of drug-likeness (QED) is 0.229. The average Bonchev–Trinajstić information content (AvgIpc) is 2.62. The Morgan fingerprint density at radius 2 is 1.56 bits per heavy atom. The largest absolute Gasteiger partial charge is 0.462 e. The first kappa shape index (κ1) is 21.6. The van der Waals surface area contributed by atoms with E-state index in [4.69, 9.17) is 13.6 Å². The van der Waals surface area contributed by atoms with Gasteiger partial charge < -0.3 is 13.6 Å². The third-order valence-electron chi connectivity index (χ3n) is 3.89. The summed E-state index contributed by atoms with van der Waals surface area (Å²) in [4.78, 5) is 11.7. The Balaban J connectivity index is 2.92. The minimum absolute atomic E-state index is 0.283. The highest BCUT2D eigenvalue weighted by Crippen LogP contribution is 2.17. The van der Waals surface area contributed by atoms with Crippen LogP contribution in [0.1, 0.15) is 46.5 Å². The standard InChI is InChI=1S/C20H32O4Si/c1-5-7-14-23-25(24-15-8-6-2,19-12-10-9-11-13-19)17-16-22-20(21)18(3)4/h9-13H,3,5-8,14-17H2,1-2,4H3. The van der Waals surface area contributed by atoms with E-state index in [-0.39, 0.29) is 12.6 Å². The molecule has 0 N–H and O–H groups in total. The number of rotatable bonds is 13. The maximum Gasteiger partial charge on any atom is 0.375 e. The summed E-state index contributed by atoms with van der Waals surface area (Å²) < 4.78 is 18.0. The second-order valence-electron chi connectivity index (χ2n) is 6.19. The van der Waals surface area contributed by atoms with Crippen molar-refractivity contribution in [3.8, 4) is 0 Å². The van der Waals surface area contributed by atoms with Crippen molar-refractivity contribution >= 4 is 19.7 Å². The van der Waals surface area contributed by atoms with Gasteiger partial charge in [-0.1, -0.05) is 63.6 Å². The van der Waals surface area contributed by atoms with Crippen LogP contribution in [-0.4, -0.2) is 34.4 Å². The van der Waals surface area contributed by atoms with Gasteiger partial charge in [0, 0.05) is 24.8 Å². The minimum atomic E-state index is -2.65. The molecule has 0 aliphatic heterocycles. The second-order valence-corrected chi connectivity index (χ2v) is 9.35. The Hall–Kier alpha value is -1.43. The van der Waals surface area contributed by atoms with Gasteiger partial charge in [0.15, 0.2) is 0 Å². The van der Waals surface area contributed by atoms with E-state index in [9.17, 15) is 4.79 Å². The van der Waals surface area contributed by atoms with Gasteiger partial charge in [-0.15, -0.1) is 0 Å². The number of carbonyl (C=O) groups is 1. The molecule has 1 aromatic rings. The van der Waals surface area contributed by atoms with Crippen molar-refractivity contribution in [2.75, 3.05) is 19.8 Å². The van der Waals surface area contributed by atoms with Gasteiger partial charge >= 0.3 is 14.5 Å². The highest BCUT2D eigenvalue weighted by atomic mass is 28.4. The predicted molar refractivity (Wildman–Crippen MR) is 104 cm³/mol. The predicted octanol–water partition coefficient (Wildman–Crippen LogP) is 4.09. The maximum absolute atomic E-state index is 11.7. The van der Waals surface area contributed by atoms with Crippen molar-refractivity contribution in [1.29, 1.82) is 0 Å². The van der Waals surface area contributed by atoms with Gasteiger partial charge in [0.25, 0.3) is 0 Å². The number of hydrogen-bond donors (Lipinski definition) is 0. The van der Waals surface area contributed by atoms with Crippen LogP contribution in [0, 0.1) is 0 Å². The molecule has 0 amide bonds. The first-order valence-electron chi connectivity index (χ1n) is 9.21. The summed E-state index contributed by atoms with van der Waals surface area (Å²) in [5, 5.41) is 1.09. The molecule has 1 rings (SSSR count). The smallest absolute Gasteiger partial charge is 0.375 e. The molecule has 1 aromatic carbocycles. The molecule has 140 valence electrons. The van der Waals surface area contributed by atoms with Crippen LogP contribution < -0.4 is 5.19 Å². The molecule has 0 saturated heterocycles. The zero-order chi connectivity index (χ0) is 18.5. The third kappa shape index (κ3) is 7.55. The van der Waals surface area contributed by atoms with E-state index in [2.05, 4.69) is 32.6 Å². The van der Waals surface area contributed by atoms with Crippen molar-refractivity contribution < 1.29 is 18.4 Å². The first-order valence-corrected chi connectivity index (χ1v) is 11.2. The summed E-state index contributed by atoms with van der Waals surface area (Å²) in [5.41, 5.74) is 0.408. The number of benzene rings is 1. The molecule has 0 unspecified atom stereocenters. The van der Waals surface area contributed by atoms with E-state index in [0.717, 1.165) is 30.9 Å². The van der Waals surface area contributed by atoms with E-state index in [1.54, 1.807) is 6.92 Å².